The lowest BCUT2D eigenvalue weighted by molar-refractivity contribution is 0.476. The highest BCUT2D eigenvalue weighted by atomic mass is 19.1. The Morgan fingerprint density at radius 1 is 1.24 bits per heavy atom. The quantitative estimate of drug-likeness (QED) is 0.818. The summed E-state index contributed by atoms with van der Waals surface area (Å²) < 4.78 is 28.7. The van der Waals surface area contributed by atoms with Crippen molar-refractivity contribution in [3.63, 3.8) is 0 Å². The van der Waals surface area contributed by atoms with Gasteiger partial charge >= 0.3 is 0 Å². The van der Waals surface area contributed by atoms with E-state index >= 15 is 0 Å². The summed E-state index contributed by atoms with van der Waals surface area (Å²) in [6, 6.07) is 3.47. The van der Waals surface area contributed by atoms with Crippen molar-refractivity contribution in [1.29, 1.82) is 0 Å². The smallest absolute Gasteiger partial charge is 0.131 e. The first-order valence-electron chi connectivity index (χ1n) is 5.46. The Kier molecular flexibility index (Phi) is 2.40. The van der Waals surface area contributed by atoms with Crippen LogP contribution in [0, 0.1) is 11.6 Å². The Morgan fingerprint density at radius 2 is 2.12 bits per heavy atom. The van der Waals surface area contributed by atoms with E-state index in [1.165, 1.54) is 6.07 Å². The lowest BCUT2D eigenvalue weighted by atomic mass is 10.0. The molecule has 0 radical (unpaired) electrons. The molecule has 1 aliphatic heterocycles. The zero-order chi connectivity index (χ0) is 11.8. The van der Waals surface area contributed by atoms with Gasteiger partial charge in [-0.1, -0.05) is 0 Å². The zero-order valence-electron chi connectivity index (χ0n) is 9.08. The van der Waals surface area contributed by atoms with Gasteiger partial charge in [0, 0.05) is 24.2 Å². The summed E-state index contributed by atoms with van der Waals surface area (Å²) in [7, 11) is 0. The number of hydrogen-bond acceptors (Lipinski definition) is 2. The first kappa shape index (κ1) is 10.4. The lowest BCUT2D eigenvalue weighted by Crippen LogP contribution is -2.28. The van der Waals surface area contributed by atoms with E-state index in [9.17, 15) is 8.78 Å². The zero-order valence-corrected chi connectivity index (χ0v) is 9.08. The maximum absolute atomic E-state index is 13.7. The molecule has 0 saturated heterocycles. The van der Waals surface area contributed by atoms with Crippen molar-refractivity contribution >= 4 is 0 Å². The first-order valence-corrected chi connectivity index (χ1v) is 5.46. The van der Waals surface area contributed by atoms with Crippen molar-refractivity contribution in [1.82, 2.24) is 15.1 Å². The molecular weight excluding hydrogens is 224 g/mol. The van der Waals surface area contributed by atoms with Gasteiger partial charge in [0.15, 0.2) is 0 Å². The van der Waals surface area contributed by atoms with Crippen molar-refractivity contribution in [3.05, 3.63) is 41.7 Å². The van der Waals surface area contributed by atoms with Gasteiger partial charge in [-0.05, 0) is 18.2 Å². The van der Waals surface area contributed by atoms with Gasteiger partial charge in [0.25, 0.3) is 0 Å². The van der Waals surface area contributed by atoms with Crippen LogP contribution in [-0.2, 0) is 13.1 Å². The van der Waals surface area contributed by atoms with Crippen LogP contribution in [0.4, 0.5) is 8.78 Å². The molecule has 17 heavy (non-hydrogen) atoms. The van der Waals surface area contributed by atoms with Crippen LogP contribution in [0.5, 0.6) is 0 Å². The summed E-state index contributed by atoms with van der Waals surface area (Å²) in [5.41, 5.74) is 1.84. The third-order valence-corrected chi connectivity index (χ3v) is 2.96. The molecule has 0 unspecified atom stereocenters. The van der Waals surface area contributed by atoms with Crippen LogP contribution in [0.25, 0.3) is 11.1 Å². The summed E-state index contributed by atoms with van der Waals surface area (Å²) in [5.74, 6) is -0.863. The van der Waals surface area contributed by atoms with Gasteiger partial charge < -0.3 is 5.32 Å². The minimum Gasteiger partial charge on any atom is -0.309 e. The fourth-order valence-corrected chi connectivity index (χ4v) is 2.11. The van der Waals surface area contributed by atoms with Crippen LogP contribution >= 0.6 is 0 Å². The standard InChI is InChI=1S/C12H11F2N3/c13-8-1-2-11(14)9(5-8)10-6-16-17-4-3-15-7-12(10)17/h1-2,5-6,15H,3-4,7H2. The highest BCUT2D eigenvalue weighted by molar-refractivity contribution is 5.66. The number of rotatable bonds is 1. The van der Waals surface area contributed by atoms with E-state index in [1.54, 1.807) is 6.20 Å². The molecule has 2 aromatic rings. The molecule has 3 rings (SSSR count). The van der Waals surface area contributed by atoms with Crippen molar-refractivity contribution in [3.8, 4) is 11.1 Å². The summed E-state index contributed by atoms with van der Waals surface area (Å²) >= 11 is 0. The summed E-state index contributed by atoms with van der Waals surface area (Å²) in [5, 5.41) is 7.39. The first-order chi connectivity index (χ1) is 8.25. The fourth-order valence-electron chi connectivity index (χ4n) is 2.11. The van der Waals surface area contributed by atoms with E-state index in [4.69, 9.17) is 0 Å². The monoisotopic (exact) mass is 235 g/mol. The Labute approximate surface area is 97.1 Å². The molecule has 0 saturated carbocycles. The molecule has 2 heterocycles. The van der Waals surface area contributed by atoms with Crippen molar-refractivity contribution < 1.29 is 8.78 Å². The van der Waals surface area contributed by atoms with Gasteiger partial charge in [0.05, 0.1) is 18.4 Å². The third-order valence-electron chi connectivity index (χ3n) is 2.96. The lowest BCUT2D eigenvalue weighted by Gasteiger charge is -2.16. The van der Waals surface area contributed by atoms with Gasteiger partial charge in [-0.3, -0.25) is 4.68 Å². The highest BCUT2D eigenvalue weighted by Crippen LogP contribution is 2.27. The largest absolute Gasteiger partial charge is 0.309 e. The Balaban J connectivity index is 2.15. The highest BCUT2D eigenvalue weighted by Gasteiger charge is 2.18. The maximum Gasteiger partial charge on any atom is 0.131 e. The van der Waals surface area contributed by atoms with E-state index in [0.717, 1.165) is 30.9 Å². The van der Waals surface area contributed by atoms with E-state index in [-0.39, 0.29) is 5.56 Å². The third kappa shape index (κ3) is 1.72. The average Bonchev–Trinajstić information content (AvgIpc) is 2.76. The molecule has 1 N–H and O–H groups in total. The molecule has 1 aliphatic rings. The van der Waals surface area contributed by atoms with Gasteiger partial charge in [0.1, 0.15) is 11.6 Å². The van der Waals surface area contributed by atoms with Gasteiger partial charge in [-0.2, -0.15) is 5.10 Å². The molecular formula is C12H11F2N3. The molecule has 0 bridgehead atoms. The molecule has 0 fully saturated rings. The van der Waals surface area contributed by atoms with Crippen LogP contribution in [0.2, 0.25) is 0 Å². The van der Waals surface area contributed by atoms with Crippen LogP contribution < -0.4 is 5.32 Å². The van der Waals surface area contributed by atoms with Crippen molar-refractivity contribution in [2.45, 2.75) is 13.1 Å². The number of aromatic nitrogens is 2. The normalized spacial score (nSPS) is 14.7. The molecule has 88 valence electrons. The fraction of sp³-hybridized carbons (Fsp3) is 0.250. The molecule has 0 aliphatic carbocycles. The van der Waals surface area contributed by atoms with E-state index < -0.39 is 11.6 Å². The molecule has 0 atom stereocenters. The second-order valence-corrected chi connectivity index (χ2v) is 4.03. The predicted octanol–water partition coefficient (Wildman–Crippen LogP) is 1.93. The molecule has 0 spiro atoms. The van der Waals surface area contributed by atoms with E-state index in [2.05, 4.69) is 10.4 Å². The van der Waals surface area contributed by atoms with E-state index in [1.807, 2.05) is 4.68 Å². The van der Waals surface area contributed by atoms with Crippen molar-refractivity contribution in [2.24, 2.45) is 0 Å². The molecule has 1 aromatic heterocycles. The molecule has 0 amide bonds. The maximum atomic E-state index is 13.7. The minimum atomic E-state index is -0.440. The number of benzene rings is 1. The Hall–Kier alpha value is -1.75. The van der Waals surface area contributed by atoms with Crippen LogP contribution in [0.3, 0.4) is 0 Å². The average molecular weight is 235 g/mol. The summed E-state index contributed by atoms with van der Waals surface area (Å²) in [6.07, 6.45) is 1.60. The Bertz CT molecular complexity index is 563. The van der Waals surface area contributed by atoms with E-state index in [0.29, 0.717) is 12.1 Å². The van der Waals surface area contributed by atoms with Gasteiger partial charge in [0.2, 0.25) is 0 Å². The van der Waals surface area contributed by atoms with Crippen LogP contribution in [0.15, 0.2) is 24.4 Å². The second kappa shape index (κ2) is 3.92. The molecule has 1 aromatic carbocycles. The molecule has 3 nitrogen and oxygen atoms in total. The minimum absolute atomic E-state index is 0.273. The van der Waals surface area contributed by atoms with Crippen LogP contribution in [0.1, 0.15) is 5.69 Å². The number of hydrogen-bond donors (Lipinski definition) is 1. The van der Waals surface area contributed by atoms with Gasteiger partial charge in [-0.15, -0.1) is 0 Å². The topological polar surface area (TPSA) is 29.9 Å². The number of nitrogens with zero attached hydrogens (tertiary/aromatic N) is 2. The number of fused-ring (bicyclic) bond motifs is 1. The predicted molar refractivity (Wildman–Crippen MR) is 59.3 cm³/mol. The summed E-state index contributed by atoms with van der Waals surface area (Å²) in [6.45, 7) is 2.23. The Morgan fingerprint density at radius 3 is 3.00 bits per heavy atom. The number of nitrogens with one attached hydrogen (secondary N) is 1. The van der Waals surface area contributed by atoms with Crippen LogP contribution in [-0.4, -0.2) is 16.3 Å². The second-order valence-electron chi connectivity index (χ2n) is 4.03. The SMILES string of the molecule is Fc1ccc(F)c(-c2cnn3c2CNCC3)c1. The summed E-state index contributed by atoms with van der Waals surface area (Å²) in [4.78, 5) is 0. The molecule has 5 heteroatoms. The van der Waals surface area contributed by atoms with Gasteiger partial charge in [-0.25, -0.2) is 8.78 Å². The van der Waals surface area contributed by atoms with Crippen molar-refractivity contribution in [2.75, 3.05) is 6.54 Å². The number of halogens is 2.